The quantitative estimate of drug-likeness (QED) is 0.786. The molecule has 80 valence electrons. The van der Waals surface area contributed by atoms with Crippen LogP contribution in [0.5, 0.6) is 0 Å². The van der Waals surface area contributed by atoms with Gasteiger partial charge in [0.05, 0.1) is 11.6 Å². The van der Waals surface area contributed by atoms with Crippen molar-refractivity contribution in [3.05, 3.63) is 35.7 Å². The van der Waals surface area contributed by atoms with Crippen LogP contribution in [0.2, 0.25) is 0 Å². The molecule has 0 fully saturated rings. The molecule has 0 amide bonds. The lowest BCUT2D eigenvalue weighted by molar-refractivity contribution is 0.502. The molecule has 0 saturated heterocycles. The third kappa shape index (κ3) is 2.09. The predicted molar refractivity (Wildman–Crippen MR) is 58.4 cm³/mol. The highest BCUT2D eigenvalue weighted by molar-refractivity contribution is 5.54. The summed E-state index contributed by atoms with van der Waals surface area (Å²) in [7, 11) is 0. The van der Waals surface area contributed by atoms with Gasteiger partial charge in [0.1, 0.15) is 0 Å². The van der Waals surface area contributed by atoms with Gasteiger partial charge in [-0.15, -0.1) is 10.2 Å². The second-order valence-corrected chi connectivity index (χ2v) is 3.44. The van der Waals surface area contributed by atoms with Crippen molar-refractivity contribution in [2.45, 2.75) is 19.8 Å². The number of rotatable bonds is 3. The Morgan fingerprint density at radius 2 is 2.00 bits per heavy atom. The van der Waals surface area contributed by atoms with Crippen LogP contribution in [-0.2, 0) is 6.42 Å². The Morgan fingerprint density at radius 1 is 1.25 bits per heavy atom. The number of nitrogens with zero attached hydrogens (tertiary/aromatic N) is 3. The van der Waals surface area contributed by atoms with Crippen molar-refractivity contribution in [2.75, 3.05) is 0 Å². The first-order chi connectivity index (χ1) is 7.83. The molecule has 1 aromatic carbocycles. The number of aromatic nitrogens is 2. The second-order valence-electron chi connectivity index (χ2n) is 3.44. The van der Waals surface area contributed by atoms with E-state index in [1.54, 1.807) is 12.1 Å². The summed E-state index contributed by atoms with van der Waals surface area (Å²) in [4.78, 5) is 0. The standard InChI is InChI=1S/C12H11N3O/c1-2-3-11-14-15-12(16-11)10-6-4-9(8-13)5-7-10/h4-7H,2-3H2,1H3. The lowest BCUT2D eigenvalue weighted by Crippen LogP contribution is -1.80. The molecule has 0 N–H and O–H groups in total. The number of aryl methyl sites for hydroxylation is 1. The van der Waals surface area contributed by atoms with Crippen LogP contribution in [-0.4, -0.2) is 10.2 Å². The third-order valence-corrected chi connectivity index (χ3v) is 2.19. The minimum Gasteiger partial charge on any atom is -0.421 e. The maximum Gasteiger partial charge on any atom is 0.247 e. The second kappa shape index (κ2) is 4.58. The summed E-state index contributed by atoms with van der Waals surface area (Å²) >= 11 is 0. The monoisotopic (exact) mass is 213 g/mol. The summed E-state index contributed by atoms with van der Waals surface area (Å²) in [6, 6.07) is 9.15. The van der Waals surface area contributed by atoms with E-state index in [2.05, 4.69) is 23.2 Å². The first kappa shape index (κ1) is 10.4. The highest BCUT2D eigenvalue weighted by Crippen LogP contribution is 2.18. The van der Waals surface area contributed by atoms with Crippen LogP contribution in [0.4, 0.5) is 0 Å². The van der Waals surface area contributed by atoms with E-state index in [4.69, 9.17) is 9.68 Å². The van der Waals surface area contributed by atoms with Crippen molar-refractivity contribution >= 4 is 0 Å². The van der Waals surface area contributed by atoms with Crippen molar-refractivity contribution in [2.24, 2.45) is 0 Å². The summed E-state index contributed by atoms with van der Waals surface area (Å²) in [5, 5.41) is 16.6. The maximum atomic E-state index is 8.67. The van der Waals surface area contributed by atoms with Crippen LogP contribution in [0.3, 0.4) is 0 Å². The highest BCUT2D eigenvalue weighted by atomic mass is 16.4. The van der Waals surface area contributed by atoms with Crippen LogP contribution < -0.4 is 0 Å². The molecule has 0 aliphatic carbocycles. The average Bonchev–Trinajstić information content (AvgIpc) is 2.78. The maximum absolute atomic E-state index is 8.67. The van der Waals surface area contributed by atoms with Gasteiger partial charge >= 0.3 is 0 Å². The van der Waals surface area contributed by atoms with E-state index in [0.717, 1.165) is 18.4 Å². The molecular weight excluding hydrogens is 202 g/mol. The molecule has 16 heavy (non-hydrogen) atoms. The molecule has 0 radical (unpaired) electrons. The van der Waals surface area contributed by atoms with E-state index in [9.17, 15) is 0 Å². The van der Waals surface area contributed by atoms with Crippen molar-refractivity contribution < 1.29 is 4.42 Å². The molecular formula is C12H11N3O. The molecule has 0 aliphatic rings. The lowest BCUT2D eigenvalue weighted by Gasteiger charge is -1.93. The Kier molecular flexibility index (Phi) is 2.97. The molecule has 0 bridgehead atoms. The van der Waals surface area contributed by atoms with Gasteiger partial charge < -0.3 is 4.42 Å². The Bertz CT molecular complexity index is 508. The van der Waals surface area contributed by atoms with Crippen molar-refractivity contribution in [1.82, 2.24) is 10.2 Å². The van der Waals surface area contributed by atoms with Crippen molar-refractivity contribution in [1.29, 1.82) is 5.26 Å². The summed E-state index contributed by atoms with van der Waals surface area (Å²) in [6.45, 7) is 2.06. The largest absolute Gasteiger partial charge is 0.421 e. The molecule has 2 rings (SSSR count). The molecule has 0 saturated carbocycles. The van der Waals surface area contributed by atoms with Gasteiger partial charge in [0.15, 0.2) is 0 Å². The van der Waals surface area contributed by atoms with Crippen LogP contribution in [0.25, 0.3) is 11.5 Å². The smallest absolute Gasteiger partial charge is 0.247 e. The zero-order valence-electron chi connectivity index (χ0n) is 8.97. The van der Waals surface area contributed by atoms with Gasteiger partial charge in [0.25, 0.3) is 0 Å². The van der Waals surface area contributed by atoms with E-state index in [-0.39, 0.29) is 0 Å². The van der Waals surface area contributed by atoms with Crippen molar-refractivity contribution in [3.63, 3.8) is 0 Å². The molecule has 1 aromatic heterocycles. The summed E-state index contributed by atoms with van der Waals surface area (Å²) in [5.74, 6) is 1.16. The van der Waals surface area contributed by atoms with Gasteiger partial charge in [-0.05, 0) is 30.7 Å². The van der Waals surface area contributed by atoms with E-state index >= 15 is 0 Å². The van der Waals surface area contributed by atoms with Crippen molar-refractivity contribution in [3.8, 4) is 17.5 Å². The summed E-state index contributed by atoms with van der Waals surface area (Å²) in [5.41, 5.74) is 1.46. The molecule has 0 aliphatic heterocycles. The Labute approximate surface area is 93.5 Å². The molecule has 4 nitrogen and oxygen atoms in total. The fourth-order valence-corrected chi connectivity index (χ4v) is 1.37. The van der Waals surface area contributed by atoms with Crippen LogP contribution >= 0.6 is 0 Å². The number of hydrogen-bond donors (Lipinski definition) is 0. The van der Waals surface area contributed by atoms with Gasteiger partial charge in [0, 0.05) is 12.0 Å². The van der Waals surface area contributed by atoms with E-state index in [0.29, 0.717) is 17.3 Å². The minimum atomic E-state index is 0.507. The Hall–Kier alpha value is -2.15. The minimum absolute atomic E-state index is 0.507. The van der Waals surface area contributed by atoms with Gasteiger partial charge in [0.2, 0.25) is 11.8 Å². The van der Waals surface area contributed by atoms with Gasteiger partial charge in [-0.3, -0.25) is 0 Å². The Morgan fingerprint density at radius 3 is 2.62 bits per heavy atom. The van der Waals surface area contributed by atoms with E-state index in [1.807, 2.05) is 12.1 Å². The molecule has 2 aromatic rings. The zero-order valence-corrected chi connectivity index (χ0v) is 8.97. The first-order valence-electron chi connectivity index (χ1n) is 5.16. The van der Waals surface area contributed by atoms with Crippen LogP contribution in [0.15, 0.2) is 28.7 Å². The van der Waals surface area contributed by atoms with Crippen LogP contribution in [0, 0.1) is 11.3 Å². The van der Waals surface area contributed by atoms with E-state index < -0.39 is 0 Å². The number of benzene rings is 1. The lowest BCUT2D eigenvalue weighted by atomic mass is 10.1. The van der Waals surface area contributed by atoms with Gasteiger partial charge in [-0.1, -0.05) is 6.92 Å². The summed E-state index contributed by atoms with van der Waals surface area (Å²) < 4.78 is 5.48. The predicted octanol–water partition coefficient (Wildman–Crippen LogP) is 2.56. The highest BCUT2D eigenvalue weighted by Gasteiger charge is 2.07. The fourth-order valence-electron chi connectivity index (χ4n) is 1.37. The zero-order chi connectivity index (χ0) is 11.4. The molecule has 1 heterocycles. The first-order valence-corrected chi connectivity index (χ1v) is 5.16. The Balaban J connectivity index is 2.25. The normalized spacial score (nSPS) is 10.0. The molecule has 0 spiro atoms. The topological polar surface area (TPSA) is 62.7 Å². The van der Waals surface area contributed by atoms with Gasteiger partial charge in [-0.2, -0.15) is 5.26 Å². The third-order valence-electron chi connectivity index (χ3n) is 2.19. The van der Waals surface area contributed by atoms with Crippen LogP contribution in [0.1, 0.15) is 24.8 Å². The molecule has 0 atom stereocenters. The fraction of sp³-hybridized carbons (Fsp3) is 0.250. The SMILES string of the molecule is CCCc1nnc(-c2ccc(C#N)cc2)o1. The molecule has 4 heteroatoms. The molecule has 0 unspecified atom stereocenters. The van der Waals surface area contributed by atoms with E-state index in [1.165, 1.54) is 0 Å². The number of hydrogen-bond acceptors (Lipinski definition) is 4. The average molecular weight is 213 g/mol. The number of nitriles is 1. The van der Waals surface area contributed by atoms with Gasteiger partial charge in [-0.25, -0.2) is 0 Å². The summed E-state index contributed by atoms with van der Waals surface area (Å²) in [6.07, 6.45) is 1.78.